The normalized spacial score (nSPS) is 10.7. The van der Waals surface area contributed by atoms with E-state index in [1.165, 1.54) is 34.4 Å². The van der Waals surface area contributed by atoms with Crippen LogP contribution in [-0.2, 0) is 17.6 Å². The van der Waals surface area contributed by atoms with Gasteiger partial charge in [0.1, 0.15) is 5.82 Å². The monoisotopic (exact) mass is 428 g/mol. The lowest BCUT2D eigenvalue weighted by molar-refractivity contribution is -0.113. The number of nitrogens with one attached hydrogen (secondary N) is 1. The van der Waals surface area contributed by atoms with Crippen molar-refractivity contribution < 1.29 is 14.7 Å². The van der Waals surface area contributed by atoms with Gasteiger partial charge in [0.05, 0.1) is 17.1 Å². The molecule has 1 amide bonds. The summed E-state index contributed by atoms with van der Waals surface area (Å²) >= 11 is 2.99. The summed E-state index contributed by atoms with van der Waals surface area (Å²) < 4.78 is 1.89. The molecule has 3 rings (SSSR count). The summed E-state index contributed by atoms with van der Waals surface area (Å²) in [6.45, 7) is 2.06. The van der Waals surface area contributed by atoms with Crippen molar-refractivity contribution >= 4 is 41.1 Å². The lowest BCUT2D eigenvalue weighted by Crippen LogP contribution is -2.14. The summed E-state index contributed by atoms with van der Waals surface area (Å²) in [6, 6.07) is 14.3. The molecule has 150 valence electrons. The van der Waals surface area contributed by atoms with Crippen LogP contribution in [0.2, 0.25) is 0 Å². The Morgan fingerprint density at radius 2 is 1.72 bits per heavy atom. The number of anilines is 1. The number of carboxylic acids is 1. The van der Waals surface area contributed by atoms with Crippen LogP contribution in [0.1, 0.15) is 21.7 Å². The zero-order valence-corrected chi connectivity index (χ0v) is 17.6. The predicted octanol–water partition coefficient (Wildman–Crippen LogP) is 3.84. The number of aromatic carboxylic acids is 1. The topological polar surface area (TPSA) is 97.1 Å². The molecule has 0 fully saturated rings. The highest BCUT2D eigenvalue weighted by molar-refractivity contribution is 7.99. The molecule has 2 aromatic carbocycles. The van der Waals surface area contributed by atoms with E-state index in [0.29, 0.717) is 16.6 Å². The van der Waals surface area contributed by atoms with Gasteiger partial charge in [-0.3, -0.25) is 4.79 Å². The van der Waals surface area contributed by atoms with Crippen LogP contribution in [0.5, 0.6) is 0 Å². The Labute approximate surface area is 176 Å². The van der Waals surface area contributed by atoms with Crippen molar-refractivity contribution in [1.82, 2.24) is 14.8 Å². The molecule has 29 heavy (non-hydrogen) atoms. The van der Waals surface area contributed by atoms with Crippen molar-refractivity contribution in [2.24, 2.45) is 7.05 Å². The maximum Gasteiger partial charge on any atom is 0.335 e. The highest BCUT2D eigenvalue weighted by Gasteiger charge is 2.12. The maximum absolute atomic E-state index is 12.2. The van der Waals surface area contributed by atoms with Crippen molar-refractivity contribution in [2.45, 2.75) is 22.7 Å². The van der Waals surface area contributed by atoms with E-state index in [2.05, 4.69) is 46.7 Å². The molecule has 0 saturated heterocycles. The van der Waals surface area contributed by atoms with Gasteiger partial charge < -0.3 is 15.0 Å². The standard InChI is InChI=1S/C20H20N4O3S2/c1-13-3-9-16(10-4-13)28-11-17-22-23-20(24(17)2)29-12-18(25)21-15-7-5-14(6-8-15)19(26)27/h3-10H,11-12H2,1-2H3,(H,21,25)(H,26,27). The minimum absolute atomic E-state index is 0.174. The van der Waals surface area contributed by atoms with Crippen LogP contribution >= 0.6 is 23.5 Å². The summed E-state index contributed by atoms with van der Waals surface area (Å²) in [6.07, 6.45) is 0. The van der Waals surface area contributed by atoms with E-state index in [0.717, 1.165) is 5.82 Å². The Balaban J connectivity index is 1.50. The number of aryl methyl sites for hydroxylation is 1. The van der Waals surface area contributed by atoms with Gasteiger partial charge >= 0.3 is 5.97 Å². The molecule has 3 aromatic rings. The van der Waals surface area contributed by atoms with Crippen LogP contribution in [0.25, 0.3) is 0 Å². The van der Waals surface area contributed by atoms with Crippen LogP contribution in [0.3, 0.4) is 0 Å². The van der Waals surface area contributed by atoms with Gasteiger partial charge in [0.15, 0.2) is 5.16 Å². The molecule has 2 N–H and O–H groups in total. The van der Waals surface area contributed by atoms with Crippen molar-refractivity contribution in [3.05, 3.63) is 65.5 Å². The van der Waals surface area contributed by atoms with Gasteiger partial charge in [-0.2, -0.15) is 0 Å². The summed E-state index contributed by atoms with van der Waals surface area (Å²) in [5.74, 6) is 0.504. The third kappa shape index (κ3) is 5.85. The fraction of sp³-hybridized carbons (Fsp3) is 0.200. The maximum atomic E-state index is 12.2. The zero-order valence-electron chi connectivity index (χ0n) is 16.0. The molecule has 0 aliphatic carbocycles. The van der Waals surface area contributed by atoms with Crippen molar-refractivity contribution in [2.75, 3.05) is 11.1 Å². The lowest BCUT2D eigenvalue weighted by atomic mass is 10.2. The van der Waals surface area contributed by atoms with Gasteiger partial charge in [0, 0.05) is 17.6 Å². The smallest absolute Gasteiger partial charge is 0.335 e. The van der Waals surface area contributed by atoms with Crippen molar-refractivity contribution in [3.8, 4) is 0 Å². The number of carboxylic acid groups (broad SMARTS) is 1. The lowest BCUT2D eigenvalue weighted by Gasteiger charge is -2.06. The van der Waals surface area contributed by atoms with Gasteiger partial charge in [0.25, 0.3) is 0 Å². The van der Waals surface area contributed by atoms with Crippen LogP contribution in [0, 0.1) is 6.92 Å². The molecule has 0 bridgehead atoms. The van der Waals surface area contributed by atoms with Crippen LogP contribution in [0.4, 0.5) is 5.69 Å². The first kappa shape index (κ1) is 20.9. The average molecular weight is 429 g/mol. The average Bonchev–Trinajstić information content (AvgIpc) is 3.06. The molecule has 1 heterocycles. The Morgan fingerprint density at radius 1 is 1.03 bits per heavy atom. The quantitative estimate of drug-likeness (QED) is 0.526. The van der Waals surface area contributed by atoms with Gasteiger partial charge in [-0.1, -0.05) is 29.5 Å². The van der Waals surface area contributed by atoms with E-state index in [1.807, 2.05) is 11.6 Å². The second-order valence-electron chi connectivity index (χ2n) is 6.28. The molecular formula is C20H20N4O3S2. The fourth-order valence-electron chi connectivity index (χ4n) is 2.40. The third-order valence-electron chi connectivity index (χ3n) is 4.06. The number of rotatable bonds is 8. The summed E-state index contributed by atoms with van der Waals surface area (Å²) in [5.41, 5.74) is 1.95. The number of nitrogens with zero attached hydrogens (tertiary/aromatic N) is 3. The Hall–Kier alpha value is -2.78. The van der Waals surface area contributed by atoms with E-state index in [9.17, 15) is 9.59 Å². The first-order valence-corrected chi connectivity index (χ1v) is 10.7. The van der Waals surface area contributed by atoms with E-state index in [4.69, 9.17) is 5.11 Å². The highest BCUT2D eigenvalue weighted by atomic mass is 32.2. The van der Waals surface area contributed by atoms with E-state index < -0.39 is 5.97 Å². The van der Waals surface area contributed by atoms with E-state index >= 15 is 0 Å². The van der Waals surface area contributed by atoms with Gasteiger partial charge in [0.2, 0.25) is 5.91 Å². The number of hydrogen-bond acceptors (Lipinski definition) is 6. The van der Waals surface area contributed by atoms with E-state index in [-0.39, 0.29) is 17.2 Å². The second kappa shape index (κ2) is 9.62. The Kier molecular flexibility index (Phi) is 6.95. The molecule has 0 saturated carbocycles. The molecule has 1 aromatic heterocycles. The second-order valence-corrected chi connectivity index (χ2v) is 8.27. The number of amides is 1. The van der Waals surface area contributed by atoms with E-state index in [1.54, 1.807) is 23.9 Å². The summed E-state index contributed by atoms with van der Waals surface area (Å²) in [5, 5.41) is 20.7. The molecule has 9 heteroatoms. The Morgan fingerprint density at radius 3 is 2.38 bits per heavy atom. The molecule has 0 spiro atoms. The van der Waals surface area contributed by atoms with Gasteiger partial charge in [-0.05, 0) is 43.3 Å². The first-order chi connectivity index (χ1) is 13.9. The molecule has 0 radical (unpaired) electrons. The van der Waals surface area contributed by atoms with Gasteiger partial charge in [-0.15, -0.1) is 22.0 Å². The van der Waals surface area contributed by atoms with Crippen molar-refractivity contribution in [3.63, 3.8) is 0 Å². The molecule has 0 aliphatic rings. The number of benzene rings is 2. The van der Waals surface area contributed by atoms with Crippen LogP contribution in [-0.4, -0.2) is 37.5 Å². The van der Waals surface area contributed by atoms with Crippen LogP contribution < -0.4 is 5.32 Å². The summed E-state index contributed by atoms with van der Waals surface area (Å²) in [7, 11) is 1.88. The Bertz CT molecular complexity index is 1000. The number of thioether (sulfide) groups is 2. The number of hydrogen-bond donors (Lipinski definition) is 2. The predicted molar refractivity (Wildman–Crippen MR) is 114 cm³/mol. The molecular weight excluding hydrogens is 408 g/mol. The number of carbonyl (C=O) groups is 2. The molecule has 0 aliphatic heterocycles. The molecule has 0 unspecified atom stereocenters. The molecule has 7 nitrogen and oxygen atoms in total. The number of aromatic nitrogens is 3. The first-order valence-electron chi connectivity index (χ1n) is 8.76. The fourth-order valence-corrected chi connectivity index (χ4v) is 4.01. The molecule has 0 atom stereocenters. The largest absolute Gasteiger partial charge is 0.478 e. The third-order valence-corrected chi connectivity index (χ3v) is 6.09. The summed E-state index contributed by atoms with van der Waals surface area (Å²) in [4.78, 5) is 24.2. The van der Waals surface area contributed by atoms with Crippen molar-refractivity contribution in [1.29, 1.82) is 0 Å². The minimum Gasteiger partial charge on any atom is -0.478 e. The highest BCUT2D eigenvalue weighted by Crippen LogP contribution is 2.24. The minimum atomic E-state index is -1.00. The number of carbonyl (C=O) groups excluding carboxylic acids is 1. The zero-order chi connectivity index (χ0) is 20.8. The van der Waals surface area contributed by atoms with Crippen LogP contribution in [0.15, 0.2) is 58.6 Å². The van der Waals surface area contributed by atoms with Gasteiger partial charge in [-0.25, -0.2) is 4.79 Å². The SMILES string of the molecule is Cc1ccc(SCc2nnc(SCC(=O)Nc3ccc(C(=O)O)cc3)n2C)cc1.